The minimum absolute atomic E-state index is 0.146. The molecule has 0 unspecified atom stereocenters. The predicted octanol–water partition coefficient (Wildman–Crippen LogP) is 2.31. The summed E-state index contributed by atoms with van der Waals surface area (Å²) < 4.78 is 13.4. The lowest BCUT2D eigenvalue weighted by atomic mass is 10.2. The number of methoxy groups -OCH3 is 2. The van der Waals surface area contributed by atoms with Gasteiger partial charge in [0.15, 0.2) is 5.16 Å². The van der Waals surface area contributed by atoms with Crippen LogP contribution < -0.4 is 20.3 Å². The maximum atomic E-state index is 12.9. The number of carbonyl (C=O) groups is 1. The molecule has 0 fully saturated rings. The Balaban J connectivity index is 1.43. The molecule has 0 aliphatic carbocycles. The molecule has 2 aromatic heterocycles. The molecule has 164 valence electrons. The van der Waals surface area contributed by atoms with Crippen molar-refractivity contribution in [3.8, 4) is 17.2 Å². The molecule has 0 radical (unpaired) electrons. The summed E-state index contributed by atoms with van der Waals surface area (Å²) in [5.41, 5.74) is 1.49. The standard InChI is InChI=1S/C22H21N5O4S/c1-30-17-8-6-15(7-9-17)13-23-19(28)14-32-22-25-24-20-21(29)26(10-11-27(20)22)16-4-3-5-18(12-16)31-2/h3-12H,13-14H2,1-2H3,(H,23,28). The summed E-state index contributed by atoms with van der Waals surface area (Å²) >= 11 is 1.21. The normalized spacial score (nSPS) is 10.8. The van der Waals surface area contributed by atoms with Crippen molar-refractivity contribution in [1.82, 2.24) is 24.5 Å². The Morgan fingerprint density at radius 3 is 2.56 bits per heavy atom. The molecule has 32 heavy (non-hydrogen) atoms. The van der Waals surface area contributed by atoms with Crippen LogP contribution in [0.4, 0.5) is 0 Å². The highest BCUT2D eigenvalue weighted by atomic mass is 32.2. The molecular weight excluding hydrogens is 430 g/mol. The first-order valence-corrected chi connectivity index (χ1v) is 10.7. The van der Waals surface area contributed by atoms with Crippen molar-refractivity contribution in [2.45, 2.75) is 11.7 Å². The zero-order valence-corrected chi connectivity index (χ0v) is 18.3. The molecule has 0 atom stereocenters. The fraction of sp³-hybridized carbons (Fsp3) is 0.182. The van der Waals surface area contributed by atoms with Crippen LogP contribution in [0, 0.1) is 0 Å². The van der Waals surface area contributed by atoms with Crippen LogP contribution >= 0.6 is 11.8 Å². The number of aromatic nitrogens is 4. The molecule has 1 N–H and O–H groups in total. The van der Waals surface area contributed by atoms with Crippen molar-refractivity contribution in [2.24, 2.45) is 0 Å². The second kappa shape index (κ2) is 9.56. The molecular formula is C22H21N5O4S. The number of ether oxygens (including phenoxy) is 2. The van der Waals surface area contributed by atoms with Crippen molar-refractivity contribution < 1.29 is 14.3 Å². The van der Waals surface area contributed by atoms with E-state index in [4.69, 9.17) is 9.47 Å². The number of amides is 1. The highest BCUT2D eigenvalue weighted by molar-refractivity contribution is 7.99. The van der Waals surface area contributed by atoms with E-state index in [1.54, 1.807) is 55.3 Å². The quantitative estimate of drug-likeness (QED) is 0.410. The van der Waals surface area contributed by atoms with Crippen LogP contribution in [0.5, 0.6) is 11.5 Å². The van der Waals surface area contributed by atoms with Crippen molar-refractivity contribution in [1.29, 1.82) is 0 Å². The molecule has 10 heteroatoms. The Kier molecular flexibility index (Phi) is 6.41. The smallest absolute Gasteiger partial charge is 0.300 e. The number of benzene rings is 2. The van der Waals surface area contributed by atoms with E-state index in [1.807, 2.05) is 24.3 Å². The summed E-state index contributed by atoms with van der Waals surface area (Å²) in [6, 6.07) is 14.7. The second-order valence-corrected chi connectivity index (χ2v) is 7.71. The van der Waals surface area contributed by atoms with E-state index in [2.05, 4.69) is 15.5 Å². The molecule has 0 spiro atoms. The molecule has 9 nitrogen and oxygen atoms in total. The van der Waals surface area contributed by atoms with Crippen LogP contribution in [0.2, 0.25) is 0 Å². The van der Waals surface area contributed by atoms with Gasteiger partial charge in [-0.05, 0) is 29.8 Å². The van der Waals surface area contributed by atoms with Gasteiger partial charge >= 0.3 is 5.56 Å². The maximum Gasteiger partial charge on any atom is 0.300 e. The zero-order valence-electron chi connectivity index (χ0n) is 17.5. The Morgan fingerprint density at radius 1 is 1.03 bits per heavy atom. The Bertz CT molecular complexity index is 1300. The molecule has 1 amide bonds. The zero-order chi connectivity index (χ0) is 22.5. The topological polar surface area (TPSA) is 99.8 Å². The maximum absolute atomic E-state index is 12.9. The first kappa shape index (κ1) is 21.4. The van der Waals surface area contributed by atoms with Gasteiger partial charge in [-0.3, -0.25) is 18.6 Å². The van der Waals surface area contributed by atoms with E-state index in [-0.39, 0.29) is 22.9 Å². The molecule has 2 aromatic carbocycles. The number of thioether (sulfide) groups is 1. The summed E-state index contributed by atoms with van der Waals surface area (Å²) in [5, 5.41) is 11.4. The fourth-order valence-corrected chi connectivity index (χ4v) is 3.80. The largest absolute Gasteiger partial charge is 0.497 e. The van der Waals surface area contributed by atoms with Gasteiger partial charge in [0.2, 0.25) is 11.6 Å². The van der Waals surface area contributed by atoms with E-state index >= 15 is 0 Å². The van der Waals surface area contributed by atoms with Gasteiger partial charge < -0.3 is 14.8 Å². The lowest BCUT2D eigenvalue weighted by Crippen LogP contribution is -2.24. The van der Waals surface area contributed by atoms with Crippen LogP contribution in [0.15, 0.2) is 70.9 Å². The van der Waals surface area contributed by atoms with Gasteiger partial charge in [-0.2, -0.15) is 0 Å². The lowest BCUT2D eigenvalue weighted by Gasteiger charge is -2.08. The van der Waals surface area contributed by atoms with Gasteiger partial charge in [-0.15, -0.1) is 10.2 Å². The van der Waals surface area contributed by atoms with Crippen LogP contribution in [0.1, 0.15) is 5.56 Å². The van der Waals surface area contributed by atoms with Crippen molar-refractivity contribution in [3.05, 3.63) is 76.8 Å². The first-order valence-electron chi connectivity index (χ1n) is 9.72. The van der Waals surface area contributed by atoms with Gasteiger partial charge in [0.1, 0.15) is 11.5 Å². The fourth-order valence-electron chi connectivity index (χ4n) is 3.05. The number of nitrogens with zero attached hydrogens (tertiary/aromatic N) is 4. The van der Waals surface area contributed by atoms with Crippen LogP contribution in [0.25, 0.3) is 11.3 Å². The van der Waals surface area contributed by atoms with E-state index in [1.165, 1.54) is 16.3 Å². The van der Waals surface area contributed by atoms with Gasteiger partial charge in [0, 0.05) is 25.0 Å². The third kappa shape index (κ3) is 4.59. The second-order valence-electron chi connectivity index (χ2n) is 6.76. The summed E-state index contributed by atoms with van der Waals surface area (Å²) in [5.74, 6) is 1.41. The predicted molar refractivity (Wildman–Crippen MR) is 121 cm³/mol. The SMILES string of the molecule is COc1ccc(CNC(=O)CSc2nnc3c(=O)n(-c4cccc(OC)c4)ccn23)cc1. The molecule has 0 aliphatic rings. The van der Waals surface area contributed by atoms with Gasteiger partial charge in [-0.25, -0.2) is 0 Å². The minimum Gasteiger partial charge on any atom is -0.497 e. The first-order chi connectivity index (χ1) is 15.6. The van der Waals surface area contributed by atoms with E-state index in [0.717, 1.165) is 11.3 Å². The number of carbonyl (C=O) groups excluding carboxylic acids is 1. The molecule has 4 aromatic rings. The summed E-state index contributed by atoms with van der Waals surface area (Å²) in [7, 11) is 3.18. The third-order valence-electron chi connectivity index (χ3n) is 4.75. The van der Waals surface area contributed by atoms with Crippen LogP contribution in [-0.2, 0) is 11.3 Å². The van der Waals surface area contributed by atoms with Crippen LogP contribution in [0.3, 0.4) is 0 Å². The number of rotatable bonds is 8. The van der Waals surface area contributed by atoms with E-state index < -0.39 is 0 Å². The Hall–Kier alpha value is -3.79. The monoisotopic (exact) mass is 451 g/mol. The molecule has 0 saturated heterocycles. The van der Waals surface area contributed by atoms with Crippen LogP contribution in [-0.4, -0.2) is 45.0 Å². The lowest BCUT2D eigenvalue weighted by molar-refractivity contribution is -0.118. The summed E-state index contributed by atoms with van der Waals surface area (Å²) in [6.45, 7) is 0.412. The molecule has 0 bridgehead atoms. The van der Waals surface area contributed by atoms with Crippen molar-refractivity contribution in [3.63, 3.8) is 0 Å². The van der Waals surface area contributed by atoms with Crippen molar-refractivity contribution in [2.75, 3.05) is 20.0 Å². The molecule has 0 aliphatic heterocycles. The third-order valence-corrected chi connectivity index (χ3v) is 5.70. The Labute approximate surface area is 188 Å². The average molecular weight is 452 g/mol. The highest BCUT2D eigenvalue weighted by Crippen LogP contribution is 2.18. The van der Waals surface area contributed by atoms with E-state index in [9.17, 15) is 9.59 Å². The number of nitrogens with one attached hydrogen (secondary N) is 1. The number of fused-ring (bicyclic) bond motifs is 1. The minimum atomic E-state index is -0.316. The Morgan fingerprint density at radius 2 is 1.81 bits per heavy atom. The molecule has 0 saturated carbocycles. The van der Waals surface area contributed by atoms with E-state index in [0.29, 0.717) is 23.1 Å². The number of hydrogen-bond donors (Lipinski definition) is 1. The van der Waals surface area contributed by atoms with Gasteiger partial charge in [-0.1, -0.05) is 30.0 Å². The number of hydrogen-bond acceptors (Lipinski definition) is 7. The average Bonchev–Trinajstić information content (AvgIpc) is 3.26. The summed E-state index contributed by atoms with van der Waals surface area (Å²) in [4.78, 5) is 25.1. The van der Waals surface area contributed by atoms with Gasteiger partial charge in [0.05, 0.1) is 25.7 Å². The summed E-state index contributed by atoms with van der Waals surface area (Å²) in [6.07, 6.45) is 3.34. The van der Waals surface area contributed by atoms with Gasteiger partial charge in [0.25, 0.3) is 0 Å². The molecule has 4 rings (SSSR count). The highest BCUT2D eigenvalue weighted by Gasteiger charge is 2.14. The molecule has 2 heterocycles. The van der Waals surface area contributed by atoms with Crippen molar-refractivity contribution >= 4 is 23.3 Å².